The van der Waals surface area contributed by atoms with Crippen molar-refractivity contribution in [2.24, 2.45) is 5.41 Å². The van der Waals surface area contributed by atoms with E-state index in [1.807, 2.05) is 39.8 Å². The summed E-state index contributed by atoms with van der Waals surface area (Å²) in [5.74, 6) is -1.43. The minimum atomic E-state index is -1.19. The first kappa shape index (κ1) is 31.5. The van der Waals surface area contributed by atoms with E-state index in [1.54, 1.807) is 18.5 Å². The number of nitrogens with one attached hydrogen (secondary N) is 1. The normalized spacial score (nSPS) is 15.8. The summed E-state index contributed by atoms with van der Waals surface area (Å²) in [4.78, 5) is 24.2. The van der Waals surface area contributed by atoms with Crippen molar-refractivity contribution in [2.75, 3.05) is 36.5 Å². The van der Waals surface area contributed by atoms with Gasteiger partial charge in [0.1, 0.15) is 6.61 Å². The molecule has 1 fully saturated rings. The predicted molar refractivity (Wildman–Crippen MR) is 164 cm³/mol. The molecular weight excluding hydrogens is 559 g/mol. The van der Waals surface area contributed by atoms with Crippen LogP contribution in [-0.2, 0) is 9.53 Å². The average Bonchev–Trinajstić information content (AvgIpc) is 2.91. The van der Waals surface area contributed by atoms with E-state index in [0.717, 1.165) is 42.9 Å². The smallest absolute Gasteiger partial charge is 0.337 e. The number of aryl methyl sites for hydroxylation is 1. The highest BCUT2D eigenvalue weighted by atomic mass is 35.5. The third-order valence-electron chi connectivity index (χ3n) is 7.30. The van der Waals surface area contributed by atoms with Crippen LogP contribution in [-0.4, -0.2) is 52.9 Å². The van der Waals surface area contributed by atoms with E-state index in [-0.39, 0.29) is 17.8 Å². The second-order valence-corrected chi connectivity index (χ2v) is 12.8. The van der Waals surface area contributed by atoms with Crippen molar-refractivity contribution in [3.05, 3.63) is 64.8 Å². The first-order valence-electron chi connectivity index (χ1n) is 14.2. The Labute approximate surface area is 252 Å². The molecule has 2 aromatic heterocycles. The Balaban J connectivity index is 1.61. The fraction of sp³-hybridized carbons (Fsp3) is 0.469. The Hall–Kier alpha value is -3.43. The number of hydrogen-bond donors (Lipinski definition) is 2. The van der Waals surface area contributed by atoms with Gasteiger partial charge < -0.3 is 24.8 Å². The van der Waals surface area contributed by atoms with Gasteiger partial charge in [-0.05, 0) is 76.3 Å². The third-order valence-corrected chi connectivity index (χ3v) is 7.54. The number of rotatable bonds is 10. The van der Waals surface area contributed by atoms with Crippen LogP contribution in [0.25, 0.3) is 11.3 Å². The first-order valence-corrected chi connectivity index (χ1v) is 14.6. The number of carboxylic acid groups (broad SMARTS) is 1. The second kappa shape index (κ2) is 12.8. The van der Waals surface area contributed by atoms with Crippen LogP contribution in [0.5, 0.6) is 5.75 Å². The monoisotopic (exact) mass is 598 g/mol. The number of ether oxygens (including phenoxy) is 2. The van der Waals surface area contributed by atoms with E-state index < -0.39 is 23.5 Å². The molecule has 2 N–H and O–H groups in total. The maximum absolute atomic E-state index is 14.0. The molecule has 3 heterocycles. The molecule has 3 aromatic rings. The van der Waals surface area contributed by atoms with Crippen molar-refractivity contribution in [1.29, 1.82) is 0 Å². The molecule has 0 saturated carbocycles. The largest absolute Gasteiger partial charge is 0.489 e. The van der Waals surface area contributed by atoms with Gasteiger partial charge >= 0.3 is 5.97 Å². The predicted octanol–water partition coefficient (Wildman–Crippen LogP) is 7.30. The topological polar surface area (TPSA) is 96.8 Å². The van der Waals surface area contributed by atoms with Crippen molar-refractivity contribution in [3.63, 3.8) is 0 Å². The summed E-state index contributed by atoms with van der Waals surface area (Å²) in [7, 11) is 0. The van der Waals surface area contributed by atoms with E-state index in [0.29, 0.717) is 28.5 Å². The van der Waals surface area contributed by atoms with Gasteiger partial charge in [0.2, 0.25) is 0 Å². The number of carboxylic acids is 1. The number of anilines is 2. The minimum Gasteiger partial charge on any atom is -0.489 e. The fourth-order valence-electron chi connectivity index (χ4n) is 4.98. The number of aromatic nitrogens is 2. The molecule has 0 amide bonds. The zero-order valence-corrected chi connectivity index (χ0v) is 25.9. The van der Waals surface area contributed by atoms with Crippen molar-refractivity contribution in [3.8, 4) is 17.0 Å². The molecular formula is C32H40ClFN4O4. The molecule has 1 saturated heterocycles. The van der Waals surface area contributed by atoms with Gasteiger partial charge in [0.15, 0.2) is 17.7 Å². The summed E-state index contributed by atoms with van der Waals surface area (Å²) >= 11 is 5.80. The maximum Gasteiger partial charge on any atom is 0.337 e. The summed E-state index contributed by atoms with van der Waals surface area (Å²) in [6.45, 7) is 14.1. The lowest BCUT2D eigenvalue weighted by atomic mass is 9.82. The Morgan fingerprint density at radius 3 is 2.48 bits per heavy atom. The van der Waals surface area contributed by atoms with Crippen LogP contribution in [0.15, 0.2) is 42.7 Å². The van der Waals surface area contributed by atoms with E-state index in [2.05, 4.69) is 29.0 Å². The van der Waals surface area contributed by atoms with Crippen LogP contribution in [0.1, 0.15) is 64.8 Å². The third kappa shape index (κ3) is 7.89. The second-order valence-electron chi connectivity index (χ2n) is 12.4. The molecule has 8 nitrogen and oxygen atoms in total. The first-order chi connectivity index (χ1) is 19.7. The highest BCUT2D eigenvalue weighted by Crippen LogP contribution is 2.43. The molecule has 4 rings (SSSR count). The van der Waals surface area contributed by atoms with Gasteiger partial charge in [0.05, 0.1) is 28.9 Å². The molecule has 0 radical (unpaired) electrons. The number of aliphatic carboxylic acids is 1. The summed E-state index contributed by atoms with van der Waals surface area (Å²) in [5.41, 5.74) is 3.71. The van der Waals surface area contributed by atoms with E-state index in [9.17, 15) is 14.3 Å². The van der Waals surface area contributed by atoms with Crippen LogP contribution in [0.2, 0.25) is 5.02 Å². The van der Waals surface area contributed by atoms with Gasteiger partial charge in [-0.25, -0.2) is 9.18 Å². The van der Waals surface area contributed by atoms with Gasteiger partial charge in [-0.3, -0.25) is 9.97 Å². The van der Waals surface area contributed by atoms with E-state index in [4.69, 9.17) is 26.1 Å². The zero-order valence-electron chi connectivity index (χ0n) is 25.1. The summed E-state index contributed by atoms with van der Waals surface area (Å²) < 4.78 is 25.6. The number of benzene rings is 1. The van der Waals surface area contributed by atoms with Crippen LogP contribution in [0.4, 0.5) is 15.8 Å². The summed E-state index contributed by atoms with van der Waals surface area (Å²) in [6, 6.07) is 8.07. The quantitative estimate of drug-likeness (QED) is 0.235. The Morgan fingerprint density at radius 1 is 1.17 bits per heavy atom. The lowest BCUT2D eigenvalue weighted by molar-refractivity contribution is -0.160. The zero-order chi connectivity index (χ0) is 30.7. The number of hydrogen-bond acceptors (Lipinski definition) is 7. The van der Waals surface area contributed by atoms with Gasteiger partial charge in [-0.15, -0.1) is 0 Å². The molecule has 42 heavy (non-hydrogen) atoms. The van der Waals surface area contributed by atoms with Gasteiger partial charge in [0.25, 0.3) is 0 Å². The molecule has 0 spiro atoms. The van der Waals surface area contributed by atoms with Crippen molar-refractivity contribution in [1.82, 2.24) is 9.97 Å². The summed E-state index contributed by atoms with van der Waals surface area (Å²) in [5, 5.41) is 13.8. The van der Waals surface area contributed by atoms with Crippen LogP contribution in [0, 0.1) is 18.2 Å². The Morgan fingerprint density at radius 2 is 1.88 bits per heavy atom. The van der Waals surface area contributed by atoms with Crippen molar-refractivity contribution in [2.45, 2.75) is 66.1 Å². The van der Waals surface area contributed by atoms with Gasteiger partial charge in [-0.2, -0.15) is 0 Å². The van der Waals surface area contributed by atoms with Crippen LogP contribution >= 0.6 is 11.6 Å². The maximum atomic E-state index is 14.0. The number of carbonyl (C=O) groups is 1. The molecule has 1 aromatic carbocycles. The average molecular weight is 599 g/mol. The van der Waals surface area contributed by atoms with E-state index in [1.165, 1.54) is 12.1 Å². The molecule has 0 unspecified atom stereocenters. The van der Waals surface area contributed by atoms with E-state index >= 15 is 0 Å². The number of pyridine rings is 2. The van der Waals surface area contributed by atoms with Crippen LogP contribution < -0.4 is 15.0 Å². The standard InChI is InChI=1S/C32H40ClFN4O4/c1-20-27(29(30(39)40)42-31(2,3)4)28(38-14-11-32(5,6)12-15-38)23(19-36-20)25-9-8-22(18-37-25)35-13-16-41-26-10-7-21(33)17-24(26)34/h7-10,17-19,29,35H,11-16H2,1-6H3,(H,39,40)/t29-/m0/s1. The van der Waals surface area contributed by atoms with Crippen molar-refractivity contribution < 1.29 is 23.8 Å². The molecule has 0 aliphatic carbocycles. The Kier molecular flexibility index (Phi) is 9.63. The van der Waals surface area contributed by atoms with Gasteiger partial charge in [0, 0.05) is 47.7 Å². The van der Waals surface area contributed by atoms with Crippen molar-refractivity contribution >= 4 is 28.9 Å². The fourth-order valence-corrected chi connectivity index (χ4v) is 5.14. The molecule has 0 bridgehead atoms. The lowest BCUT2D eigenvalue weighted by Crippen LogP contribution is -2.39. The molecule has 226 valence electrons. The summed E-state index contributed by atoms with van der Waals surface area (Å²) in [6.07, 6.45) is 4.25. The number of nitrogens with zero attached hydrogens (tertiary/aromatic N) is 3. The highest BCUT2D eigenvalue weighted by molar-refractivity contribution is 6.30. The minimum absolute atomic E-state index is 0.140. The molecule has 10 heteroatoms. The molecule has 1 aliphatic rings. The number of piperidine rings is 1. The van der Waals surface area contributed by atoms with Crippen LogP contribution in [0.3, 0.4) is 0 Å². The molecule has 1 atom stereocenters. The lowest BCUT2D eigenvalue weighted by Gasteiger charge is -2.40. The SMILES string of the molecule is Cc1ncc(-c2ccc(NCCOc3ccc(Cl)cc3F)cn2)c(N2CCC(C)(C)CC2)c1[C@H](OC(C)(C)C)C(=O)O. The number of halogens is 2. The Bertz CT molecular complexity index is 1400. The van der Waals surface area contributed by atoms with Gasteiger partial charge in [-0.1, -0.05) is 25.4 Å². The molecule has 1 aliphatic heterocycles. The highest BCUT2D eigenvalue weighted by Gasteiger charge is 2.36.